The van der Waals surface area contributed by atoms with Crippen LogP contribution in [-0.4, -0.2) is 6.16 Å². The summed E-state index contributed by atoms with van der Waals surface area (Å²) in [4.78, 5) is 0. The third-order valence-electron chi connectivity index (χ3n) is 1.19. The Labute approximate surface area is 56.5 Å². The van der Waals surface area contributed by atoms with Crippen LogP contribution in [-0.2, 0) is 9.13 Å². The minimum atomic E-state index is -2.12. The van der Waals surface area contributed by atoms with E-state index in [2.05, 4.69) is 6.92 Å². The number of unbranched alkanes of at least 4 members (excludes halogenated alkanes) is 3. The highest BCUT2D eigenvalue weighted by Crippen LogP contribution is 2.08. The summed E-state index contributed by atoms with van der Waals surface area (Å²) >= 11 is 0. The van der Waals surface area contributed by atoms with Crippen LogP contribution in [0.4, 0.5) is 0 Å². The first-order valence-electron chi connectivity index (χ1n) is 3.39. The van der Waals surface area contributed by atoms with Crippen molar-refractivity contribution in [3.8, 4) is 0 Å². The Morgan fingerprint density at radius 3 is 2.22 bits per heavy atom. The van der Waals surface area contributed by atoms with Gasteiger partial charge in [0.05, 0.1) is 6.16 Å². The second-order valence-electron chi connectivity index (χ2n) is 2.12. The van der Waals surface area contributed by atoms with E-state index in [1.54, 1.807) is 0 Å². The summed E-state index contributed by atoms with van der Waals surface area (Å²) in [6, 6.07) is 0. The quantitative estimate of drug-likeness (QED) is 0.443. The molecule has 0 aromatic heterocycles. The Balaban J connectivity index is 2.92. The maximum atomic E-state index is 10.00. The molecule has 0 fully saturated rings. The van der Waals surface area contributed by atoms with Crippen molar-refractivity contribution in [3.05, 3.63) is 0 Å². The largest absolute Gasteiger partial charge is 0.315 e. The van der Waals surface area contributed by atoms with Crippen LogP contribution in [0.2, 0.25) is 0 Å². The lowest BCUT2D eigenvalue weighted by Crippen LogP contribution is -1.76. The van der Waals surface area contributed by atoms with Crippen molar-refractivity contribution in [1.82, 2.24) is 0 Å². The Morgan fingerprint density at radius 1 is 1.11 bits per heavy atom. The van der Waals surface area contributed by atoms with Gasteiger partial charge >= 0.3 is 7.68 Å². The molecule has 0 aromatic carbocycles. The van der Waals surface area contributed by atoms with Gasteiger partial charge in [0.25, 0.3) is 0 Å². The second-order valence-corrected chi connectivity index (χ2v) is 3.23. The van der Waals surface area contributed by atoms with Crippen molar-refractivity contribution in [1.29, 1.82) is 0 Å². The zero-order valence-electron chi connectivity index (χ0n) is 5.80. The van der Waals surface area contributed by atoms with Gasteiger partial charge in [-0.1, -0.05) is 26.2 Å². The Kier molecular flexibility index (Phi) is 5.96. The molecule has 0 radical (unpaired) electrons. The fourth-order valence-corrected chi connectivity index (χ4v) is 1.15. The molecule has 0 spiro atoms. The Bertz CT molecular complexity index is 110. The minimum Gasteiger partial charge on any atom is -0.237 e. The van der Waals surface area contributed by atoms with Gasteiger partial charge in [-0.2, -0.15) is 0 Å². The van der Waals surface area contributed by atoms with Crippen LogP contribution >= 0.6 is 7.68 Å². The highest BCUT2D eigenvalue weighted by Gasteiger charge is 1.90. The molecule has 0 heterocycles. The lowest BCUT2D eigenvalue weighted by molar-refractivity contribution is 0.512. The average Bonchev–Trinajstić information content (AvgIpc) is 1.80. The van der Waals surface area contributed by atoms with Gasteiger partial charge < -0.3 is 0 Å². The molecule has 0 aliphatic carbocycles. The normalized spacial score (nSPS) is 9.44. The third-order valence-corrected chi connectivity index (χ3v) is 1.88. The van der Waals surface area contributed by atoms with E-state index in [1.165, 1.54) is 0 Å². The topological polar surface area (TPSA) is 34.1 Å². The molecule has 0 bridgehead atoms. The monoisotopic (exact) mass is 148 g/mol. The fraction of sp³-hybridized carbons (Fsp3) is 1.00. The van der Waals surface area contributed by atoms with Gasteiger partial charge in [0.1, 0.15) is 0 Å². The molecule has 9 heavy (non-hydrogen) atoms. The molecule has 0 aliphatic rings. The number of rotatable bonds is 5. The summed E-state index contributed by atoms with van der Waals surface area (Å²) < 4.78 is 20.0. The molecule has 0 rings (SSSR count). The predicted molar refractivity (Wildman–Crippen MR) is 37.3 cm³/mol. The first-order valence-corrected chi connectivity index (χ1v) is 4.75. The summed E-state index contributed by atoms with van der Waals surface area (Å²) in [5.74, 6) is 0. The molecule has 0 N–H and O–H groups in total. The van der Waals surface area contributed by atoms with Crippen molar-refractivity contribution in [2.45, 2.75) is 32.6 Å². The van der Waals surface area contributed by atoms with E-state index in [0.717, 1.165) is 25.7 Å². The van der Waals surface area contributed by atoms with E-state index in [9.17, 15) is 9.13 Å². The van der Waals surface area contributed by atoms with Crippen LogP contribution in [0.15, 0.2) is 0 Å². The van der Waals surface area contributed by atoms with Crippen LogP contribution < -0.4 is 0 Å². The van der Waals surface area contributed by atoms with Gasteiger partial charge in [-0.05, 0) is 6.42 Å². The van der Waals surface area contributed by atoms with E-state index < -0.39 is 7.68 Å². The summed E-state index contributed by atoms with van der Waals surface area (Å²) in [6.45, 7) is 2.11. The maximum absolute atomic E-state index is 10.00. The smallest absolute Gasteiger partial charge is 0.237 e. The molecule has 0 atom stereocenters. The van der Waals surface area contributed by atoms with Crippen LogP contribution in [0, 0.1) is 0 Å². The van der Waals surface area contributed by atoms with Crippen LogP contribution in [0.1, 0.15) is 32.6 Å². The first kappa shape index (κ1) is 8.90. The molecular formula is C6H13O2P. The van der Waals surface area contributed by atoms with Crippen molar-refractivity contribution < 1.29 is 9.13 Å². The highest BCUT2D eigenvalue weighted by molar-refractivity contribution is 7.30. The number of hydrogen-bond donors (Lipinski definition) is 0. The van der Waals surface area contributed by atoms with Crippen molar-refractivity contribution in [2.75, 3.05) is 6.16 Å². The molecule has 0 saturated heterocycles. The molecule has 0 aromatic rings. The van der Waals surface area contributed by atoms with Crippen molar-refractivity contribution in [3.63, 3.8) is 0 Å². The molecule has 0 aliphatic heterocycles. The molecule has 0 saturated carbocycles. The maximum Gasteiger partial charge on any atom is 0.315 e. The van der Waals surface area contributed by atoms with Gasteiger partial charge in [0.2, 0.25) is 0 Å². The van der Waals surface area contributed by atoms with Crippen molar-refractivity contribution in [2.24, 2.45) is 0 Å². The molecule has 2 nitrogen and oxygen atoms in total. The molecule has 3 heteroatoms. The van der Waals surface area contributed by atoms with E-state index in [4.69, 9.17) is 0 Å². The van der Waals surface area contributed by atoms with Crippen LogP contribution in [0.25, 0.3) is 0 Å². The van der Waals surface area contributed by atoms with Gasteiger partial charge in [-0.3, -0.25) is 0 Å². The standard InChI is InChI=1S/C6H13O2P/c1-2-3-4-5-6-9(7)8/h2-6H2,1H3. The summed E-state index contributed by atoms with van der Waals surface area (Å²) in [5, 5.41) is 0. The highest BCUT2D eigenvalue weighted by atomic mass is 31.1. The molecule has 0 unspecified atom stereocenters. The fourth-order valence-electron chi connectivity index (χ4n) is 0.668. The lowest BCUT2D eigenvalue weighted by Gasteiger charge is -1.89. The zero-order valence-corrected chi connectivity index (χ0v) is 6.69. The first-order chi connectivity index (χ1) is 4.27. The average molecular weight is 148 g/mol. The molecular weight excluding hydrogens is 135 g/mol. The van der Waals surface area contributed by atoms with E-state index in [1.807, 2.05) is 0 Å². The van der Waals surface area contributed by atoms with Gasteiger partial charge in [0.15, 0.2) is 0 Å². The van der Waals surface area contributed by atoms with Gasteiger partial charge in [-0.15, -0.1) is 0 Å². The van der Waals surface area contributed by atoms with Gasteiger partial charge in [0, 0.05) is 0 Å². The molecule has 0 amide bonds. The van der Waals surface area contributed by atoms with E-state index in [0.29, 0.717) is 6.16 Å². The summed E-state index contributed by atoms with van der Waals surface area (Å²) in [5.41, 5.74) is 0. The summed E-state index contributed by atoms with van der Waals surface area (Å²) in [6.07, 6.45) is 4.58. The van der Waals surface area contributed by atoms with E-state index in [-0.39, 0.29) is 0 Å². The van der Waals surface area contributed by atoms with Gasteiger partial charge in [-0.25, -0.2) is 9.13 Å². The number of hydrogen-bond acceptors (Lipinski definition) is 2. The second kappa shape index (κ2) is 6.03. The summed E-state index contributed by atoms with van der Waals surface area (Å²) in [7, 11) is -2.12. The van der Waals surface area contributed by atoms with Crippen molar-refractivity contribution >= 4 is 7.68 Å². The van der Waals surface area contributed by atoms with E-state index >= 15 is 0 Å². The minimum absolute atomic E-state index is 0.370. The lowest BCUT2D eigenvalue weighted by atomic mass is 10.2. The predicted octanol–water partition coefficient (Wildman–Crippen LogP) is 2.74. The third kappa shape index (κ3) is 7.90. The zero-order chi connectivity index (χ0) is 7.11. The Morgan fingerprint density at radius 2 is 1.78 bits per heavy atom. The SMILES string of the molecule is CCCCCCP(=O)=O. The molecule has 54 valence electrons. The Hall–Kier alpha value is -0.100. The van der Waals surface area contributed by atoms with Crippen LogP contribution in [0.3, 0.4) is 0 Å². The van der Waals surface area contributed by atoms with Crippen LogP contribution in [0.5, 0.6) is 0 Å².